The Labute approximate surface area is 77.8 Å². The number of nitrogens with zero attached hydrogens (tertiary/aromatic N) is 1. The first kappa shape index (κ1) is 11.9. The topological polar surface area (TPSA) is 72.6 Å². The molecule has 0 unspecified atom stereocenters. The van der Waals surface area contributed by atoms with Gasteiger partial charge in [0.1, 0.15) is 6.54 Å². The normalized spacial score (nSPS) is 9.46. The van der Waals surface area contributed by atoms with Gasteiger partial charge in [0.25, 0.3) is 0 Å². The zero-order valence-corrected chi connectivity index (χ0v) is 8.08. The molecule has 0 aliphatic heterocycles. The van der Waals surface area contributed by atoms with Crippen molar-refractivity contribution in [3.8, 4) is 0 Å². The van der Waals surface area contributed by atoms with Crippen LogP contribution in [0, 0.1) is 0 Å². The van der Waals surface area contributed by atoms with Crippen LogP contribution in [0.1, 0.15) is 12.8 Å². The number of amides is 1. The summed E-state index contributed by atoms with van der Waals surface area (Å²) in [4.78, 5) is 23.3. The van der Waals surface area contributed by atoms with Crippen molar-refractivity contribution in [2.24, 2.45) is 5.73 Å². The summed E-state index contributed by atoms with van der Waals surface area (Å²) in [5.74, 6) is -0.501. The van der Waals surface area contributed by atoms with Gasteiger partial charge in [0.15, 0.2) is 0 Å². The van der Waals surface area contributed by atoms with Crippen LogP contribution in [0.3, 0.4) is 0 Å². The fraction of sp³-hybridized carbons (Fsp3) is 0.750. The summed E-state index contributed by atoms with van der Waals surface area (Å²) in [6.45, 7) is 0.484. The number of hydrogen-bond donors (Lipinski definition) is 1. The van der Waals surface area contributed by atoms with Crippen LogP contribution in [-0.4, -0.2) is 44.0 Å². The van der Waals surface area contributed by atoms with Gasteiger partial charge in [-0.05, 0) is 13.0 Å². The Morgan fingerprint density at radius 3 is 2.54 bits per heavy atom. The minimum Gasteiger partial charge on any atom is -0.468 e. The SMILES string of the molecule is COC(=O)CN(C)C(=O)CCCN. The van der Waals surface area contributed by atoms with E-state index in [0.29, 0.717) is 19.4 Å². The summed E-state index contributed by atoms with van der Waals surface area (Å²) < 4.78 is 4.42. The second kappa shape index (κ2) is 6.42. The van der Waals surface area contributed by atoms with Gasteiger partial charge in [-0.15, -0.1) is 0 Å². The molecule has 0 atom stereocenters. The van der Waals surface area contributed by atoms with Gasteiger partial charge in [0, 0.05) is 13.5 Å². The van der Waals surface area contributed by atoms with Crippen molar-refractivity contribution in [3.05, 3.63) is 0 Å². The van der Waals surface area contributed by atoms with Gasteiger partial charge in [-0.25, -0.2) is 0 Å². The van der Waals surface area contributed by atoms with Crippen LogP contribution < -0.4 is 5.73 Å². The molecule has 1 amide bonds. The standard InChI is InChI=1S/C8H16N2O3/c1-10(6-8(12)13-2)7(11)4-3-5-9/h3-6,9H2,1-2H3. The zero-order valence-electron chi connectivity index (χ0n) is 8.08. The molecule has 0 heterocycles. The monoisotopic (exact) mass is 188 g/mol. The molecule has 0 spiro atoms. The number of ether oxygens (including phenoxy) is 1. The molecule has 0 aromatic heterocycles. The van der Waals surface area contributed by atoms with Crippen molar-refractivity contribution < 1.29 is 14.3 Å². The highest BCUT2D eigenvalue weighted by molar-refractivity contribution is 5.81. The Bertz CT molecular complexity index is 182. The molecule has 0 aliphatic carbocycles. The van der Waals surface area contributed by atoms with Crippen molar-refractivity contribution in [3.63, 3.8) is 0 Å². The minimum absolute atomic E-state index is 0.0000945. The number of nitrogens with two attached hydrogens (primary N) is 1. The molecule has 76 valence electrons. The summed E-state index contributed by atoms with van der Waals surface area (Å²) in [5, 5.41) is 0. The molecule has 0 rings (SSSR count). The molecule has 5 heteroatoms. The van der Waals surface area contributed by atoms with Crippen LogP contribution in [0.25, 0.3) is 0 Å². The second-order valence-electron chi connectivity index (χ2n) is 2.72. The van der Waals surface area contributed by atoms with Gasteiger partial charge in [-0.2, -0.15) is 0 Å². The quantitative estimate of drug-likeness (QED) is 0.582. The van der Waals surface area contributed by atoms with Crippen LogP contribution in [0.15, 0.2) is 0 Å². The Hall–Kier alpha value is -1.10. The third-order valence-corrected chi connectivity index (χ3v) is 1.61. The third-order valence-electron chi connectivity index (χ3n) is 1.61. The van der Waals surface area contributed by atoms with Crippen LogP contribution >= 0.6 is 0 Å². The van der Waals surface area contributed by atoms with E-state index in [4.69, 9.17) is 5.73 Å². The lowest BCUT2D eigenvalue weighted by Crippen LogP contribution is -2.32. The summed E-state index contributed by atoms with van der Waals surface area (Å²) in [5.41, 5.74) is 5.24. The summed E-state index contributed by atoms with van der Waals surface area (Å²) >= 11 is 0. The van der Waals surface area contributed by atoms with E-state index in [1.165, 1.54) is 12.0 Å². The Morgan fingerprint density at radius 2 is 2.08 bits per heavy atom. The lowest BCUT2D eigenvalue weighted by Gasteiger charge is -2.14. The maximum absolute atomic E-state index is 11.2. The number of hydrogen-bond acceptors (Lipinski definition) is 4. The van der Waals surface area contributed by atoms with Gasteiger partial charge in [-0.1, -0.05) is 0 Å². The molecule has 0 bridgehead atoms. The predicted molar refractivity (Wildman–Crippen MR) is 47.9 cm³/mol. The van der Waals surface area contributed by atoms with Crippen LogP contribution in [0.4, 0.5) is 0 Å². The Morgan fingerprint density at radius 1 is 1.46 bits per heavy atom. The highest BCUT2D eigenvalue weighted by Gasteiger charge is 2.11. The first-order chi connectivity index (χ1) is 6.11. The first-order valence-electron chi connectivity index (χ1n) is 4.12. The average molecular weight is 188 g/mol. The maximum Gasteiger partial charge on any atom is 0.325 e. The van der Waals surface area contributed by atoms with Gasteiger partial charge in [0.2, 0.25) is 5.91 Å². The largest absolute Gasteiger partial charge is 0.468 e. The molecule has 2 N–H and O–H groups in total. The summed E-state index contributed by atoms with van der Waals surface area (Å²) in [6.07, 6.45) is 1.02. The second-order valence-corrected chi connectivity index (χ2v) is 2.72. The number of carbonyl (C=O) groups is 2. The molecule has 0 fully saturated rings. The fourth-order valence-electron chi connectivity index (χ4n) is 0.791. The Kier molecular flexibility index (Phi) is 5.88. The molecule has 0 aliphatic rings. The van der Waals surface area contributed by atoms with E-state index in [9.17, 15) is 9.59 Å². The van der Waals surface area contributed by atoms with Crippen molar-refractivity contribution in [2.45, 2.75) is 12.8 Å². The molecule has 0 saturated heterocycles. The average Bonchev–Trinajstić information content (AvgIpc) is 2.13. The van der Waals surface area contributed by atoms with E-state index in [2.05, 4.69) is 4.74 Å². The smallest absolute Gasteiger partial charge is 0.325 e. The number of esters is 1. The van der Waals surface area contributed by atoms with Gasteiger partial charge in [0.05, 0.1) is 7.11 Å². The van der Waals surface area contributed by atoms with E-state index in [1.807, 2.05) is 0 Å². The summed E-state index contributed by atoms with van der Waals surface area (Å²) in [6, 6.07) is 0. The molecule has 0 saturated carbocycles. The molecule has 0 radical (unpaired) electrons. The lowest BCUT2D eigenvalue weighted by molar-refractivity contribution is -0.146. The third kappa shape index (κ3) is 5.19. The van der Waals surface area contributed by atoms with Crippen LogP contribution in [0.2, 0.25) is 0 Å². The van der Waals surface area contributed by atoms with Crippen molar-refractivity contribution in [2.75, 3.05) is 27.2 Å². The Balaban J connectivity index is 3.75. The molecule has 5 nitrogen and oxygen atoms in total. The fourth-order valence-corrected chi connectivity index (χ4v) is 0.791. The predicted octanol–water partition coefficient (Wildman–Crippen LogP) is -0.643. The highest BCUT2D eigenvalue weighted by atomic mass is 16.5. The van der Waals surface area contributed by atoms with Crippen LogP contribution in [0.5, 0.6) is 0 Å². The van der Waals surface area contributed by atoms with E-state index in [-0.39, 0.29) is 12.5 Å². The molecular formula is C8H16N2O3. The number of carbonyl (C=O) groups excluding carboxylic acids is 2. The number of rotatable bonds is 5. The zero-order chi connectivity index (χ0) is 10.3. The molecule has 0 aromatic carbocycles. The van der Waals surface area contributed by atoms with E-state index >= 15 is 0 Å². The molecule has 0 aromatic rings. The lowest BCUT2D eigenvalue weighted by atomic mass is 10.3. The van der Waals surface area contributed by atoms with Gasteiger partial charge in [-0.3, -0.25) is 9.59 Å². The number of methoxy groups -OCH3 is 1. The highest BCUT2D eigenvalue weighted by Crippen LogP contribution is 1.94. The van der Waals surface area contributed by atoms with Gasteiger partial charge >= 0.3 is 5.97 Å². The van der Waals surface area contributed by atoms with E-state index in [0.717, 1.165) is 0 Å². The van der Waals surface area contributed by atoms with E-state index in [1.54, 1.807) is 7.05 Å². The van der Waals surface area contributed by atoms with Gasteiger partial charge < -0.3 is 15.4 Å². The molecular weight excluding hydrogens is 172 g/mol. The van der Waals surface area contributed by atoms with E-state index < -0.39 is 5.97 Å². The number of likely N-dealkylation sites (N-methyl/N-ethyl adjacent to an activating group) is 1. The first-order valence-corrected chi connectivity index (χ1v) is 4.12. The maximum atomic E-state index is 11.2. The van der Waals surface area contributed by atoms with Crippen molar-refractivity contribution in [1.29, 1.82) is 0 Å². The summed E-state index contributed by atoms with van der Waals surface area (Å²) in [7, 11) is 2.86. The van der Waals surface area contributed by atoms with Crippen molar-refractivity contribution >= 4 is 11.9 Å². The minimum atomic E-state index is -0.413. The van der Waals surface area contributed by atoms with Crippen molar-refractivity contribution in [1.82, 2.24) is 4.90 Å². The molecule has 13 heavy (non-hydrogen) atoms. The van der Waals surface area contributed by atoms with Crippen LogP contribution in [-0.2, 0) is 14.3 Å².